The monoisotopic (exact) mass is 280 g/mol. The van der Waals surface area contributed by atoms with Crippen molar-refractivity contribution in [3.8, 4) is 0 Å². The summed E-state index contributed by atoms with van der Waals surface area (Å²) in [6.45, 7) is 3.03. The molecule has 2 heterocycles. The summed E-state index contributed by atoms with van der Waals surface area (Å²) in [7, 11) is 0. The number of hydrogen-bond donors (Lipinski definition) is 0. The lowest BCUT2D eigenvalue weighted by Gasteiger charge is -2.39. The van der Waals surface area contributed by atoms with Crippen LogP contribution in [0.2, 0.25) is 0 Å². The zero-order chi connectivity index (χ0) is 14.7. The van der Waals surface area contributed by atoms with Gasteiger partial charge in [-0.2, -0.15) is 0 Å². The fraction of sp³-hybridized carbons (Fsp3) is 0.333. The summed E-state index contributed by atoms with van der Waals surface area (Å²) in [4.78, 5) is 18.5. The van der Waals surface area contributed by atoms with Crippen LogP contribution in [0.4, 0.5) is 0 Å². The summed E-state index contributed by atoms with van der Waals surface area (Å²) < 4.78 is 0. The second kappa shape index (κ2) is 6.19. The average molecular weight is 280 g/mol. The molecular weight excluding hydrogens is 260 g/mol. The van der Waals surface area contributed by atoms with Crippen LogP contribution in [-0.4, -0.2) is 22.2 Å². The minimum atomic E-state index is 0.134. The predicted molar refractivity (Wildman–Crippen MR) is 82.8 cm³/mol. The van der Waals surface area contributed by atoms with E-state index in [1.807, 2.05) is 18.3 Å². The van der Waals surface area contributed by atoms with Gasteiger partial charge in [-0.3, -0.25) is 14.7 Å². The molecule has 0 amide bonds. The Labute approximate surface area is 125 Å². The third kappa shape index (κ3) is 3.03. The van der Waals surface area contributed by atoms with Gasteiger partial charge in [0.25, 0.3) is 0 Å². The molecule has 0 saturated carbocycles. The summed E-state index contributed by atoms with van der Waals surface area (Å²) in [5, 5.41) is 0. The standard InChI is InChI=1S/C18H20N2O/c1-14(15-6-3-2-4-7-15)20-11-9-17(21)12-18(20)16-8-5-10-19-13-16/h2-8,10,13-14,18H,9,11-12H2,1H3/t14-,18+/m0/s1. The number of carbonyl (C=O) groups is 1. The van der Waals surface area contributed by atoms with Gasteiger partial charge < -0.3 is 0 Å². The number of piperidine rings is 1. The van der Waals surface area contributed by atoms with Crippen molar-refractivity contribution in [2.24, 2.45) is 0 Å². The molecule has 3 nitrogen and oxygen atoms in total. The first-order valence-electron chi connectivity index (χ1n) is 7.48. The van der Waals surface area contributed by atoms with Gasteiger partial charge in [0.1, 0.15) is 5.78 Å². The van der Waals surface area contributed by atoms with Crippen molar-refractivity contribution in [2.45, 2.75) is 31.8 Å². The molecule has 0 spiro atoms. The lowest BCUT2D eigenvalue weighted by Crippen LogP contribution is -2.38. The van der Waals surface area contributed by atoms with Crippen LogP contribution in [0.15, 0.2) is 54.9 Å². The summed E-state index contributed by atoms with van der Waals surface area (Å²) >= 11 is 0. The summed E-state index contributed by atoms with van der Waals surface area (Å²) in [6.07, 6.45) is 4.89. The Morgan fingerprint density at radius 1 is 1.19 bits per heavy atom. The third-order valence-electron chi connectivity index (χ3n) is 4.32. The van der Waals surface area contributed by atoms with E-state index >= 15 is 0 Å². The second-order valence-electron chi connectivity index (χ2n) is 5.62. The van der Waals surface area contributed by atoms with Gasteiger partial charge in [-0.15, -0.1) is 0 Å². The number of aromatic nitrogens is 1. The molecule has 0 N–H and O–H groups in total. The molecule has 1 aromatic heterocycles. The van der Waals surface area contributed by atoms with E-state index in [9.17, 15) is 4.79 Å². The Balaban J connectivity index is 1.89. The number of likely N-dealkylation sites (tertiary alicyclic amines) is 1. The van der Waals surface area contributed by atoms with Gasteiger partial charge >= 0.3 is 0 Å². The third-order valence-corrected chi connectivity index (χ3v) is 4.32. The van der Waals surface area contributed by atoms with E-state index in [0.29, 0.717) is 24.7 Å². The van der Waals surface area contributed by atoms with Crippen LogP contribution < -0.4 is 0 Å². The molecular formula is C18H20N2O. The maximum atomic E-state index is 11.9. The van der Waals surface area contributed by atoms with Gasteiger partial charge in [-0.05, 0) is 24.1 Å². The largest absolute Gasteiger partial charge is 0.300 e. The molecule has 2 atom stereocenters. The maximum absolute atomic E-state index is 11.9. The van der Waals surface area contributed by atoms with E-state index in [4.69, 9.17) is 0 Å². The number of nitrogens with zero attached hydrogens (tertiary/aromatic N) is 2. The first-order chi connectivity index (χ1) is 10.3. The van der Waals surface area contributed by atoms with Gasteiger partial charge in [0.15, 0.2) is 0 Å². The Kier molecular flexibility index (Phi) is 4.11. The number of hydrogen-bond acceptors (Lipinski definition) is 3. The summed E-state index contributed by atoms with van der Waals surface area (Å²) in [6, 6.07) is 14.9. The minimum absolute atomic E-state index is 0.134. The van der Waals surface area contributed by atoms with Gasteiger partial charge in [-0.25, -0.2) is 0 Å². The fourth-order valence-electron chi connectivity index (χ4n) is 3.11. The van der Waals surface area contributed by atoms with Gasteiger partial charge in [0, 0.05) is 43.9 Å². The van der Waals surface area contributed by atoms with E-state index in [1.165, 1.54) is 5.56 Å². The molecule has 0 aliphatic carbocycles. The molecule has 1 saturated heterocycles. The first-order valence-corrected chi connectivity index (χ1v) is 7.48. The smallest absolute Gasteiger partial charge is 0.136 e. The van der Waals surface area contributed by atoms with Crippen LogP contribution in [0.25, 0.3) is 0 Å². The Bertz CT molecular complexity index is 597. The molecule has 108 valence electrons. The molecule has 1 fully saturated rings. The summed E-state index contributed by atoms with van der Waals surface area (Å²) in [5.74, 6) is 0.348. The second-order valence-corrected chi connectivity index (χ2v) is 5.62. The maximum Gasteiger partial charge on any atom is 0.136 e. The van der Waals surface area contributed by atoms with E-state index in [2.05, 4.69) is 47.1 Å². The highest BCUT2D eigenvalue weighted by atomic mass is 16.1. The molecule has 3 heteroatoms. The normalized spacial score (nSPS) is 21.2. The van der Waals surface area contributed by atoms with E-state index in [0.717, 1.165) is 12.1 Å². The van der Waals surface area contributed by atoms with E-state index < -0.39 is 0 Å². The molecule has 2 aromatic rings. The highest BCUT2D eigenvalue weighted by molar-refractivity contribution is 5.80. The van der Waals surface area contributed by atoms with Crippen molar-refractivity contribution in [1.82, 2.24) is 9.88 Å². The van der Waals surface area contributed by atoms with Crippen LogP contribution >= 0.6 is 0 Å². The van der Waals surface area contributed by atoms with Crippen molar-refractivity contribution in [2.75, 3.05) is 6.54 Å². The highest BCUT2D eigenvalue weighted by Crippen LogP contribution is 2.35. The van der Waals surface area contributed by atoms with E-state index in [1.54, 1.807) is 6.20 Å². The van der Waals surface area contributed by atoms with Gasteiger partial charge in [-0.1, -0.05) is 36.4 Å². The van der Waals surface area contributed by atoms with Crippen LogP contribution in [-0.2, 0) is 4.79 Å². The van der Waals surface area contributed by atoms with Crippen LogP contribution in [0.1, 0.15) is 43.0 Å². The number of ketones is 1. The Morgan fingerprint density at radius 2 is 2.00 bits per heavy atom. The Morgan fingerprint density at radius 3 is 2.71 bits per heavy atom. The SMILES string of the molecule is C[C@@H](c1ccccc1)N1CCC(=O)C[C@@H]1c1cccnc1. The Hall–Kier alpha value is -2.00. The molecule has 1 aromatic carbocycles. The van der Waals surface area contributed by atoms with Crippen molar-refractivity contribution >= 4 is 5.78 Å². The average Bonchev–Trinajstić information content (AvgIpc) is 2.56. The molecule has 0 radical (unpaired) electrons. The van der Waals surface area contributed by atoms with Gasteiger partial charge in [0.2, 0.25) is 0 Å². The lowest BCUT2D eigenvalue weighted by atomic mass is 9.92. The molecule has 0 bridgehead atoms. The number of carbonyl (C=O) groups excluding carboxylic acids is 1. The number of Topliss-reactive ketones (excluding diaryl/α,β-unsaturated/α-hetero) is 1. The topological polar surface area (TPSA) is 33.2 Å². The van der Waals surface area contributed by atoms with Crippen molar-refractivity contribution in [3.05, 3.63) is 66.0 Å². The molecule has 1 aliphatic heterocycles. The van der Waals surface area contributed by atoms with Crippen molar-refractivity contribution < 1.29 is 4.79 Å². The van der Waals surface area contributed by atoms with Crippen LogP contribution in [0.3, 0.4) is 0 Å². The zero-order valence-electron chi connectivity index (χ0n) is 12.3. The molecule has 0 unspecified atom stereocenters. The minimum Gasteiger partial charge on any atom is -0.300 e. The van der Waals surface area contributed by atoms with Crippen molar-refractivity contribution in [1.29, 1.82) is 0 Å². The number of rotatable bonds is 3. The lowest BCUT2D eigenvalue weighted by molar-refractivity contribution is -0.124. The predicted octanol–water partition coefficient (Wildman–Crippen LogP) is 3.55. The van der Waals surface area contributed by atoms with Crippen LogP contribution in [0, 0.1) is 0 Å². The first kappa shape index (κ1) is 14.0. The van der Waals surface area contributed by atoms with E-state index in [-0.39, 0.29) is 6.04 Å². The van der Waals surface area contributed by atoms with Crippen molar-refractivity contribution in [3.63, 3.8) is 0 Å². The van der Waals surface area contributed by atoms with Gasteiger partial charge in [0.05, 0.1) is 0 Å². The molecule has 3 rings (SSSR count). The molecule has 21 heavy (non-hydrogen) atoms. The number of pyridine rings is 1. The van der Waals surface area contributed by atoms with Crippen LogP contribution in [0.5, 0.6) is 0 Å². The number of benzene rings is 1. The quantitative estimate of drug-likeness (QED) is 0.862. The molecule has 1 aliphatic rings. The summed E-state index contributed by atoms with van der Waals surface area (Å²) in [5.41, 5.74) is 2.43. The zero-order valence-corrected chi connectivity index (χ0v) is 12.3. The highest BCUT2D eigenvalue weighted by Gasteiger charge is 2.31. The fourth-order valence-corrected chi connectivity index (χ4v) is 3.11.